The van der Waals surface area contributed by atoms with Crippen LogP contribution in [-0.2, 0) is 0 Å². The molecule has 1 saturated heterocycles. The number of hydrogen-bond acceptors (Lipinski definition) is 2. The van der Waals surface area contributed by atoms with Crippen LogP contribution in [-0.4, -0.2) is 30.1 Å². The van der Waals surface area contributed by atoms with Crippen molar-refractivity contribution < 1.29 is 0 Å². The van der Waals surface area contributed by atoms with Gasteiger partial charge in [0.1, 0.15) is 0 Å². The predicted molar refractivity (Wildman–Crippen MR) is 78.6 cm³/mol. The fraction of sp³-hybridized carbons (Fsp3) is 1.00. The zero-order valence-corrected chi connectivity index (χ0v) is 12.7. The molecule has 0 radical (unpaired) electrons. The lowest BCUT2D eigenvalue weighted by molar-refractivity contribution is -0.0326. The molecule has 1 saturated carbocycles. The second-order valence-electron chi connectivity index (χ2n) is 7.22. The van der Waals surface area contributed by atoms with Gasteiger partial charge in [-0.2, -0.15) is 0 Å². The molecule has 0 spiro atoms. The van der Waals surface area contributed by atoms with Gasteiger partial charge in [0.15, 0.2) is 0 Å². The Labute approximate surface area is 113 Å². The molecule has 2 aliphatic rings. The average molecular weight is 252 g/mol. The van der Waals surface area contributed by atoms with E-state index in [4.69, 9.17) is 5.73 Å². The highest BCUT2D eigenvalue weighted by Crippen LogP contribution is 2.48. The maximum atomic E-state index is 6.27. The lowest BCUT2D eigenvalue weighted by Crippen LogP contribution is -2.63. The molecule has 2 heteroatoms. The average Bonchev–Trinajstić information content (AvgIpc) is 2.78. The molecule has 0 aromatic heterocycles. The van der Waals surface area contributed by atoms with Crippen LogP contribution in [0.5, 0.6) is 0 Å². The number of nitrogens with two attached hydrogens (primary N) is 1. The lowest BCUT2D eigenvalue weighted by Gasteiger charge is -2.55. The highest BCUT2D eigenvalue weighted by molar-refractivity contribution is 5.06. The van der Waals surface area contributed by atoms with Crippen LogP contribution in [0.1, 0.15) is 65.7 Å². The van der Waals surface area contributed by atoms with E-state index in [0.717, 1.165) is 12.5 Å². The van der Waals surface area contributed by atoms with Gasteiger partial charge >= 0.3 is 0 Å². The third kappa shape index (κ3) is 2.34. The molecule has 2 atom stereocenters. The molecule has 1 heterocycles. The van der Waals surface area contributed by atoms with E-state index in [9.17, 15) is 0 Å². The first-order valence-corrected chi connectivity index (χ1v) is 8.01. The first-order valence-electron chi connectivity index (χ1n) is 8.01. The van der Waals surface area contributed by atoms with Crippen LogP contribution >= 0.6 is 0 Å². The zero-order valence-electron chi connectivity index (χ0n) is 12.7. The maximum absolute atomic E-state index is 6.27. The smallest absolute Gasteiger partial charge is 0.0382 e. The van der Waals surface area contributed by atoms with Crippen molar-refractivity contribution >= 4 is 0 Å². The second-order valence-corrected chi connectivity index (χ2v) is 7.22. The van der Waals surface area contributed by atoms with Gasteiger partial charge in [-0.05, 0) is 43.6 Å². The molecule has 0 aromatic carbocycles. The quantitative estimate of drug-likeness (QED) is 0.831. The summed E-state index contributed by atoms with van der Waals surface area (Å²) in [5.41, 5.74) is 6.95. The topological polar surface area (TPSA) is 29.3 Å². The van der Waals surface area contributed by atoms with Crippen molar-refractivity contribution in [2.75, 3.05) is 19.6 Å². The molecule has 2 N–H and O–H groups in total. The normalized spacial score (nSPS) is 37.0. The summed E-state index contributed by atoms with van der Waals surface area (Å²) in [6.07, 6.45) is 9.55. The molecular formula is C16H32N2. The predicted octanol–water partition coefficient (Wildman–Crippen LogP) is 3.41. The Morgan fingerprint density at radius 1 is 1.22 bits per heavy atom. The number of hydrogen-bond donors (Lipinski definition) is 1. The van der Waals surface area contributed by atoms with Gasteiger partial charge in [-0.25, -0.2) is 0 Å². The highest BCUT2D eigenvalue weighted by atomic mass is 15.2. The van der Waals surface area contributed by atoms with Crippen LogP contribution in [0.3, 0.4) is 0 Å². The van der Waals surface area contributed by atoms with E-state index in [0.29, 0.717) is 5.41 Å². The summed E-state index contributed by atoms with van der Waals surface area (Å²) in [6.45, 7) is 10.6. The van der Waals surface area contributed by atoms with Crippen LogP contribution in [0, 0.1) is 11.3 Å². The summed E-state index contributed by atoms with van der Waals surface area (Å²) in [5, 5.41) is 0. The minimum Gasteiger partial charge on any atom is -0.329 e. The Morgan fingerprint density at radius 2 is 1.94 bits per heavy atom. The van der Waals surface area contributed by atoms with E-state index in [1.807, 2.05) is 0 Å². The SMILES string of the molecule is CCCC1CCN(C2(CN)CCCCC2(C)C)C1. The van der Waals surface area contributed by atoms with Crippen LogP contribution < -0.4 is 5.73 Å². The summed E-state index contributed by atoms with van der Waals surface area (Å²) in [5.74, 6) is 0.927. The van der Waals surface area contributed by atoms with Crippen molar-refractivity contribution in [3.63, 3.8) is 0 Å². The van der Waals surface area contributed by atoms with E-state index in [1.54, 1.807) is 0 Å². The van der Waals surface area contributed by atoms with Crippen molar-refractivity contribution in [1.82, 2.24) is 4.90 Å². The maximum Gasteiger partial charge on any atom is 0.0382 e. The third-order valence-electron chi connectivity index (χ3n) is 5.83. The van der Waals surface area contributed by atoms with Gasteiger partial charge in [-0.3, -0.25) is 4.90 Å². The molecule has 0 aromatic rings. The van der Waals surface area contributed by atoms with E-state index in [2.05, 4.69) is 25.7 Å². The highest BCUT2D eigenvalue weighted by Gasteiger charge is 2.50. The summed E-state index contributed by atoms with van der Waals surface area (Å²) < 4.78 is 0. The van der Waals surface area contributed by atoms with Gasteiger partial charge in [-0.15, -0.1) is 0 Å². The Hall–Kier alpha value is -0.0800. The number of likely N-dealkylation sites (tertiary alicyclic amines) is 1. The van der Waals surface area contributed by atoms with Gasteiger partial charge in [0.25, 0.3) is 0 Å². The Morgan fingerprint density at radius 3 is 2.56 bits per heavy atom. The Balaban J connectivity index is 2.12. The van der Waals surface area contributed by atoms with E-state index < -0.39 is 0 Å². The van der Waals surface area contributed by atoms with Crippen molar-refractivity contribution in [2.45, 2.75) is 71.3 Å². The number of rotatable bonds is 4. The van der Waals surface area contributed by atoms with Crippen LogP contribution in [0.2, 0.25) is 0 Å². The van der Waals surface area contributed by atoms with Gasteiger partial charge in [0.2, 0.25) is 0 Å². The molecule has 2 rings (SSSR count). The molecule has 0 amide bonds. The molecule has 1 aliphatic heterocycles. The summed E-state index contributed by atoms with van der Waals surface area (Å²) in [4.78, 5) is 2.77. The molecule has 2 fully saturated rings. The van der Waals surface area contributed by atoms with Crippen molar-refractivity contribution in [3.05, 3.63) is 0 Å². The summed E-state index contributed by atoms with van der Waals surface area (Å²) in [7, 11) is 0. The second kappa shape index (κ2) is 5.50. The van der Waals surface area contributed by atoms with Gasteiger partial charge in [0.05, 0.1) is 0 Å². The van der Waals surface area contributed by atoms with Crippen LogP contribution in [0.4, 0.5) is 0 Å². The summed E-state index contributed by atoms with van der Waals surface area (Å²) >= 11 is 0. The van der Waals surface area contributed by atoms with Gasteiger partial charge in [-0.1, -0.05) is 40.0 Å². The monoisotopic (exact) mass is 252 g/mol. The third-order valence-corrected chi connectivity index (χ3v) is 5.83. The van der Waals surface area contributed by atoms with Crippen LogP contribution in [0.15, 0.2) is 0 Å². The Kier molecular flexibility index (Phi) is 4.38. The fourth-order valence-corrected chi connectivity index (χ4v) is 4.51. The van der Waals surface area contributed by atoms with Crippen molar-refractivity contribution in [3.8, 4) is 0 Å². The molecule has 18 heavy (non-hydrogen) atoms. The first kappa shape index (κ1) is 14.3. The minimum atomic E-state index is 0.285. The molecule has 1 aliphatic carbocycles. The lowest BCUT2D eigenvalue weighted by atomic mass is 9.62. The standard InChI is InChI=1S/C16H32N2/c1-4-7-14-8-11-18(12-14)16(13-17)10-6-5-9-15(16,2)3/h14H,4-13,17H2,1-3H3. The minimum absolute atomic E-state index is 0.285. The van der Waals surface area contributed by atoms with E-state index >= 15 is 0 Å². The largest absolute Gasteiger partial charge is 0.329 e. The molecule has 106 valence electrons. The Bertz CT molecular complexity index is 274. The van der Waals surface area contributed by atoms with Gasteiger partial charge < -0.3 is 5.73 Å². The van der Waals surface area contributed by atoms with Crippen molar-refractivity contribution in [2.24, 2.45) is 17.1 Å². The molecular weight excluding hydrogens is 220 g/mol. The molecule has 2 unspecified atom stereocenters. The zero-order chi connectivity index (χ0) is 13.2. The van der Waals surface area contributed by atoms with E-state index in [1.165, 1.54) is 58.0 Å². The first-order chi connectivity index (χ1) is 8.55. The van der Waals surface area contributed by atoms with Crippen LogP contribution in [0.25, 0.3) is 0 Å². The van der Waals surface area contributed by atoms with Crippen molar-refractivity contribution in [1.29, 1.82) is 0 Å². The molecule has 2 nitrogen and oxygen atoms in total. The molecule has 0 bridgehead atoms. The summed E-state index contributed by atoms with van der Waals surface area (Å²) in [6, 6.07) is 0. The fourth-order valence-electron chi connectivity index (χ4n) is 4.51. The van der Waals surface area contributed by atoms with Gasteiger partial charge in [0, 0.05) is 18.6 Å². The number of nitrogens with zero attached hydrogens (tertiary/aromatic N) is 1. The van der Waals surface area contributed by atoms with E-state index in [-0.39, 0.29) is 5.54 Å².